The molecule has 0 bridgehead atoms. The summed E-state index contributed by atoms with van der Waals surface area (Å²) in [6.45, 7) is 8.65. The topological polar surface area (TPSA) is 87.5 Å². The summed E-state index contributed by atoms with van der Waals surface area (Å²) in [7, 11) is -3.21. The Hall–Kier alpha value is -1.61. The minimum atomic E-state index is -3.21. The van der Waals surface area contributed by atoms with Crippen molar-refractivity contribution in [2.75, 3.05) is 32.4 Å². The van der Waals surface area contributed by atoms with Gasteiger partial charge in [0.05, 0.1) is 18.6 Å². The normalized spacial score (nSPS) is 18.6. The molecule has 1 atom stereocenters. The summed E-state index contributed by atoms with van der Waals surface area (Å²) in [5.41, 5.74) is -0.120. The number of sulfonamides is 1. The van der Waals surface area contributed by atoms with E-state index in [1.165, 1.54) is 10.6 Å². The van der Waals surface area contributed by atoms with Gasteiger partial charge < -0.3 is 14.8 Å². The van der Waals surface area contributed by atoms with Crippen LogP contribution in [0.4, 0.5) is 4.79 Å². The number of aromatic nitrogens is 2. The van der Waals surface area contributed by atoms with Gasteiger partial charge in [-0.25, -0.2) is 22.5 Å². The molecule has 1 aromatic heterocycles. The number of nitrogens with one attached hydrogen (secondary N) is 1. The highest BCUT2D eigenvalue weighted by Gasteiger charge is 2.30. The average Bonchev–Trinajstić information content (AvgIpc) is 2.85. The molecule has 25 heavy (non-hydrogen) atoms. The minimum absolute atomic E-state index is 0.0662. The summed E-state index contributed by atoms with van der Waals surface area (Å²) in [5.74, 6) is 0. The van der Waals surface area contributed by atoms with E-state index in [4.69, 9.17) is 0 Å². The smallest absolute Gasteiger partial charge is 0.317 e. The van der Waals surface area contributed by atoms with Gasteiger partial charge in [0.2, 0.25) is 10.0 Å². The van der Waals surface area contributed by atoms with E-state index >= 15 is 0 Å². The molecule has 142 valence electrons. The zero-order valence-corrected chi connectivity index (χ0v) is 16.3. The van der Waals surface area contributed by atoms with Crippen LogP contribution in [0, 0.1) is 5.41 Å². The van der Waals surface area contributed by atoms with Crippen LogP contribution in [-0.4, -0.2) is 71.7 Å². The van der Waals surface area contributed by atoms with Gasteiger partial charge in [0.25, 0.3) is 0 Å². The largest absolute Gasteiger partial charge is 0.335 e. The Morgan fingerprint density at radius 2 is 1.96 bits per heavy atom. The van der Waals surface area contributed by atoms with Gasteiger partial charge in [0.15, 0.2) is 0 Å². The summed E-state index contributed by atoms with van der Waals surface area (Å²) < 4.78 is 26.8. The lowest BCUT2D eigenvalue weighted by Gasteiger charge is -2.34. The van der Waals surface area contributed by atoms with E-state index in [9.17, 15) is 13.2 Å². The predicted molar refractivity (Wildman–Crippen MR) is 96.6 cm³/mol. The van der Waals surface area contributed by atoms with Crippen LogP contribution in [0.3, 0.4) is 0 Å². The van der Waals surface area contributed by atoms with Crippen molar-refractivity contribution in [2.24, 2.45) is 5.41 Å². The van der Waals surface area contributed by atoms with Crippen molar-refractivity contribution in [2.45, 2.75) is 39.8 Å². The van der Waals surface area contributed by atoms with Crippen molar-refractivity contribution in [1.82, 2.24) is 24.1 Å². The van der Waals surface area contributed by atoms with Crippen LogP contribution in [0.1, 0.15) is 27.2 Å². The molecular weight excluding hydrogens is 342 g/mol. The molecule has 1 aromatic rings. The molecule has 1 aliphatic heterocycles. The molecule has 2 heterocycles. The first kappa shape index (κ1) is 19.7. The van der Waals surface area contributed by atoms with Gasteiger partial charge in [0, 0.05) is 45.1 Å². The lowest BCUT2D eigenvalue weighted by atomic mass is 9.86. The number of carbonyl (C=O) groups is 1. The third-order valence-corrected chi connectivity index (χ3v) is 5.81. The van der Waals surface area contributed by atoms with Crippen LogP contribution < -0.4 is 5.32 Å². The van der Waals surface area contributed by atoms with Gasteiger partial charge in [-0.3, -0.25) is 0 Å². The predicted octanol–water partition coefficient (Wildman–Crippen LogP) is 0.975. The summed E-state index contributed by atoms with van der Waals surface area (Å²) in [5, 5.41) is 3.12. The van der Waals surface area contributed by atoms with Crippen molar-refractivity contribution in [3.8, 4) is 0 Å². The van der Waals surface area contributed by atoms with E-state index in [0.717, 1.165) is 0 Å². The molecule has 1 aliphatic rings. The first-order chi connectivity index (χ1) is 11.6. The molecule has 1 N–H and O–H groups in total. The van der Waals surface area contributed by atoms with Crippen LogP contribution in [-0.2, 0) is 16.6 Å². The van der Waals surface area contributed by atoms with Gasteiger partial charge in [0.1, 0.15) is 0 Å². The van der Waals surface area contributed by atoms with Crippen molar-refractivity contribution in [3.05, 3.63) is 18.7 Å². The van der Waals surface area contributed by atoms with E-state index < -0.39 is 10.0 Å². The van der Waals surface area contributed by atoms with Crippen LogP contribution >= 0.6 is 0 Å². The molecule has 1 fully saturated rings. The molecule has 2 amide bonds. The Balaban J connectivity index is 2.00. The van der Waals surface area contributed by atoms with E-state index in [2.05, 4.69) is 31.1 Å². The zero-order valence-electron chi connectivity index (χ0n) is 15.5. The number of hydrogen-bond donors (Lipinski definition) is 1. The fourth-order valence-electron chi connectivity index (χ4n) is 2.81. The third-order valence-electron chi connectivity index (χ3n) is 4.51. The van der Waals surface area contributed by atoms with Crippen molar-refractivity contribution in [1.29, 1.82) is 0 Å². The quantitative estimate of drug-likeness (QED) is 0.854. The molecule has 1 saturated heterocycles. The number of rotatable bonds is 4. The van der Waals surface area contributed by atoms with Gasteiger partial charge >= 0.3 is 6.03 Å². The Morgan fingerprint density at radius 1 is 1.24 bits per heavy atom. The lowest BCUT2D eigenvalue weighted by Crippen LogP contribution is -2.52. The molecule has 0 radical (unpaired) electrons. The molecule has 9 heteroatoms. The molecule has 0 aromatic carbocycles. The number of hydrogen-bond acceptors (Lipinski definition) is 4. The van der Waals surface area contributed by atoms with Crippen LogP contribution in [0.15, 0.2) is 18.7 Å². The van der Waals surface area contributed by atoms with Crippen LogP contribution in [0.2, 0.25) is 0 Å². The summed E-state index contributed by atoms with van der Waals surface area (Å²) in [4.78, 5) is 18.5. The summed E-state index contributed by atoms with van der Waals surface area (Å²) in [6.07, 6.45) is 7.18. The van der Waals surface area contributed by atoms with E-state index in [1.807, 2.05) is 10.8 Å². The Bertz CT molecular complexity index is 666. The Labute approximate surface area is 150 Å². The van der Waals surface area contributed by atoms with Crippen molar-refractivity contribution in [3.63, 3.8) is 0 Å². The zero-order chi connectivity index (χ0) is 18.7. The number of imidazole rings is 1. The van der Waals surface area contributed by atoms with Crippen LogP contribution in [0.25, 0.3) is 0 Å². The first-order valence-electron chi connectivity index (χ1n) is 8.53. The lowest BCUT2D eigenvalue weighted by molar-refractivity contribution is 0.176. The van der Waals surface area contributed by atoms with Gasteiger partial charge in [-0.2, -0.15) is 0 Å². The molecule has 0 saturated carbocycles. The SMILES string of the molecule is CC(C)(C)C(Cn1ccnc1)NC(=O)N1CCCN(S(C)(=O)=O)CC1. The highest BCUT2D eigenvalue weighted by molar-refractivity contribution is 7.88. The second-order valence-electron chi connectivity index (χ2n) is 7.63. The molecular formula is C16H29N5O3S. The number of carbonyl (C=O) groups excluding carboxylic acids is 1. The Kier molecular flexibility index (Phi) is 6.10. The molecule has 0 spiro atoms. The number of amides is 2. The molecule has 2 rings (SSSR count). The fourth-order valence-corrected chi connectivity index (χ4v) is 3.68. The van der Waals surface area contributed by atoms with Crippen molar-refractivity contribution < 1.29 is 13.2 Å². The Morgan fingerprint density at radius 3 is 2.52 bits per heavy atom. The molecule has 0 aliphatic carbocycles. The van der Waals surface area contributed by atoms with E-state index in [0.29, 0.717) is 39.1 Å². The maximum atomic E-state index is 12.7. The fraction of sp³-hybridized carbons (Fsp3) is 0.750. The number of nitrogens with zero attached hydrogens (tertiary/aromatic N) is 4. The monoisotopic (exact) mass is 371 g/mol. The third kappa shape index (κ3) is 5.71. The highest BCUT2D eigenvalue weighted by Crippen LogP contribution is 2.21. The first-order valence-corrected chi connectivity index (χ1v) is 10.4. The number of urea groups is 1. The molecule has 1 unspecified atom stereocenters. The minimum Gasteiger partial charge on any atom is -0.335 e. The van der Waals surface area contributed by atoms with Crippen LogP contribution in [0.5, 0.6) is 0 Å². The summed E-state index contributed by atoms with van der Waals surface area (Å²) >= 11 is 0. The maximum absolute atomic E-state index is 12.7. The standard InChI is InChI=1S/C16H29N5O3S/c1-16(2,3)14(12-19-9-6-17-13-19)18-15(22)20-7-5-8-21(11-10-20)25(4,23)24/h6,9,13-14H,5,7-8,10-12H2,1-4H3,(H,18,22). The highest BCUT2D eigenvalue weighted by atomic mass is 32.2. The van der Waals surface area contributed by atoms with Crippen molar-refractivity contribution >= 4 is 16.1 Å². The second-order valence-corrected chi connectivity index (χ2v) is 9.61. The average molecular weight is 372 g/mol. The van der Waals surface area contributed by atoms with Gasteiger partial charge in [-0.15, -0.1) is 0 Å². The van der Waals surface area contributed by atoms with E-state index in [-0.39, 0.29) is 17.5 Å². The van der Waals surface area contributed by atoms with E-state index in [1.54, 1.807) is 17.4 Å². The van der Waals surface area contributed by atoms with Gasteiger partial charge in [-0.1, -0.05) is 20.8 Å². The second kappa shape index (κ2) is 7.74. The van der Waals surface area contributed by atoms with Gasteiger partial charge in [-0.05, 0) is 11.8 Å². The maximum Gasteiger partial charge on any atom is 0.317 e. The molecule has 8 nitrogen and oxygen atoms in total. The summed E-state index contributed by atoms with van der Waals surface area (Å²) in [6, 6.07) is -0.209.